The molecule has 100 valence electrons. The van der Waals surface area contributed by atoms with Crippen LogP contribution in [0, 0.1) is 0 Å². The molecule has 0 aromatic heterocycles. The van der Waals surface area contributed by atoms with Crippen LogP contribution in [-0.2, 0) is 13.1 Å². The van der Waals surface area contributed by atoms with Gasteiger partial charge in [0.1, 0.15) is 0 Å². The van der Waals surface area contributed by atoms with Gasteiger partial charge < -0.3 is 5.32 Å². The van der Waals surface area contributed by atoms with Gasteiger partial charge in [-0.2, -0.15) is 11.8 Å². The van der Waals surface area contributed by atoms with Gasteiger partial charge in [-0.3, -0.25) is 4.90 Å². The smallest absolute Gasteiger partial charge is 0.0234 e. The van der Waals surface area contributed by atoms with Crippen LogP contribution in [0.1, 0.15) is 25.0 Å². The summed E-state index contributed by atoms with van der Waals surface area (Å²) in [6, 6.07) is 9.00. The van der Waals surface area contributed by atoms with E-state index in [0.29, 0.717) is 0 Å². The number of benzene rings is 1. The molecule has 2 nitrogen and oxygen atoms in total. The Labute approximate surface area is 115 Å². The van der Waals surface area contributed by atoms with Crippen LogP contribution in [0.4, 0.5) is 0 Å². The van der Waals surface area contributed by atoms with E-state index in [0.717, 1.165) is 23.6 Å². The first-order chi connectivity index (χ1) is 8.67. The molecule has 0 bridgehead atoms. The minimum atomic E-state index is 0.761. The van der Waals surface area contributed by atoms with Gasteiger partial charge in [-0.05, 0) is 18.2 Å². The summed E-state index contributed by atoms with van der Waals surface area (Å²) >= 11 is 2.11. The van der Waals surface area contributed by atoms with E-state index in [2.05, 4.69) is 60.1 Å². The highest BCUT2D eigenvalue weighted by Crippen LogP contribution is 2.25. The number of thioether (sulfide) groups is 1. The molecular weight excluding hydrogens is 240 g/mol. The van der Waals surface area contributed by atoms with Crippen molar-refractivity contribution in [2.75, 3.05) is 20.1 Å². The Bertz CT molecular complexity index is 353. The first kappa shape index (κ1) is 13.9. The van der Waals surface area contributed by atoms with Gasteiger partial charge in [-0.1, -0.05) is 38.1 Å². The molecule has 1 aliphatic rings. The Morgan fingerprint density at radius 3 is 2.22 bits per heavy atom. The predicted octanol–water partition coefficient (Wildman–Crippen LogP) is 2.73. The molecule has 1 aromatic carbocycles. The largest absolute Gasteiger partial charge is 0.316 e. The standard InChI is InChI=1S/C15H24N2S/c1-12-9-17(10-13(2)18-12)11-15-6-4-14(5-7-15)8-16-3/h4-7,12-13,16H,8-11H2,1-3H3. The SMILES string of the molecule is CNCc1ccc(CN2CC(C)SC(C)C2)cc1. The molecule has 0 radical (unpaired) electrons. The zero-order valence-electron chi connectivity index (χ0n) is 11.6. The summed E-state index contributed by atoms with van der Waals surface area (Å²) in [5.74, 6) is 0. The van der Waals surface area contributed by atoms with E-state index in [9.17, 15) is 0 Å². The molecule has 1 fully saturated rings. The minimum absolute atomic E-state index is 0.761. The summed E-state index contributed by atoms with van der Waals surface area (Å²) in [7, 11) is 1.99. The number of hydrogen-bond acceptors (Lipinski definition) is 3. The monoisotopic (exact) mass is 264 g/mol. The van der Waals surface area contributed by atoms with Gasteiger partial charge in [-0.15, -0.1) is 0 Å². The zero-order valence-corrected chi connectivity index (χ0v) is 12.5. The highest BCUT2D eigenvalue weighted by Gasteiger charge is 2.21. The second-order valence-electron chi connectivity index (χ2n) is 5.30. The number of nitrogens with zero attached hydrogens (tertiary/aromatic N) is 1. The highest BCUT2D eigenvalue weighted by atomic mass is 32.2. The maximum absolute atomic E-state index is 3.18. The van der Waals surface area contributed by atoms with Crippen molar-refractivity contribution in [3.05, 3.63) is 35.4 Å². The lowest BCUT2D eigenvalue weighted by molar-refractivity contribution is 0.263. The molecule has 1 aliphatic heterocycles. The lowest BCUT2D eigenvalue weighted by Gasteiger charge is -2.34. The summed E-state index contributed by atoms with van der Waals surface area (Å²) in [6.07, 6.45) is 0. The zero-order chi connectivity index (χ0) is 13.0. The van der Waals surface area contributed by atoms with Crippen LogP contribution in [0.5, 0.6) is 0 Å². The second kappa shape index (κ2) is 6.60. The Morgan fingerprint density at radius 2 is 1.67 bits per heavy atom. The van der Waals surface area contributed by atoms with Crippen molar-refractivity contribution in [1.29, 1.82) is 0 Å². The summed E-state index contributed by atoms with van der Waals surface area (Å²) in [5.41, 5.74) is 2.79. The van der Waals surface area contributed by atoms with Crippen LogP contribution in [0.2, 0.25) is 0 Å². The molecular formula is C15H24N2S. The summed E-state index contributed by atoms with van der Waals surface area (Å²) in [5, 5.41) is 4.71. The predicted molar refractivity (Wildman–Crippen MR) is 81.0 cm³/mol. The van der Waals surface area contributed by atoms with Crippen molar-refractivity contribution < 1.29 is 0 Å². The van der Waals surface area contributed by atoms with E-state index in [1.165, 1.54) is 24.2 Å². The van der Waals surface area contributed by atoms with Crippen LogP contribution in [-0.4, -0.2) is 35.5 Å². The fraction of sp³-hybridized carbons (Fsp3) is 0.600. The van der Waals surface area contributed by atoms with Gasteiger partial charge >= 0.3 is 0 Å². The average molecular weight is 264 g/mol. The van der Waals surface area contributed by atoms with Gasteiger partial charge in [0.2, 0.25) is 0 Å². The molecule has 18 heavy (non-hydrogen) atoms. The molecule has 1 saturated heterocycles. The fourth-order valence-corrected chi connectivity index (χ4v) is 4.03. The Morgan fingerprint density at radius 1 is 1.11 bits per heavy atom. The van der Waals surface area contributed by atoms with E-state index >= 15 is 0 Å². The third-order valence-corrected chi connectivity index (χ3v) is 4.53. The Kier molecular flexibility index (Phi) is 5.10. The molecule has 2 atom stereocenters. The normalized spacial score (nSPS) is 25.3. The molecule has 3 heteroatoms. The third-order valence-electron chi connectivity index (χ3n) is 3.31. The van der Waals surface area contributed by atoms with Gasteiger partial charge in [0, 0.05) is 36.7 Å². The number of hydrogen-bond donors (Lipinski definition) is 1. The van der Waals surface area contributed by atoms with Crippen molar-refractivity contribution in [2.45, 2.75) is 37.4 Å². The molecule has 1 heterocycles. The van der Waals surface area contributed by atoms with E-state index in [4.69, 9.17) is 0 Å². The molecule has 2 rings (SSSR count). The van der Waals surface area contributed by atoms with Crippen LogP contribution < -0.4 is 5.32 Å². The van der Waals surface area contributed by atoms with Crippen molar-refractivity contribution >= 4 is 11.8 Å². The minimum Gasteiger partial charge on any atom is -0.316 e. The molecule has 0 aliphatic carbocycles. The topological polar surface area (TPSA) is 15.3 Å². The lowest BCUT2D eigenvalue weighted by atomic mass is 10.1. The first-order valence-corrected chi connectivity index (χ1v) is 7.72. The van der Waals surface area contributed by atoms with Crippen molar-refractivity contribution in [3.8, 4) is 0 Å². The van der Waals surface area contributed by atoms with Crippen LogP contribution in [0.25, 0.3) is 0 Å². The molecule has 1 N–H and O–H groups in total. The highest BCUT2D eigenvalue weighted by molar-refractivity contribution is 8.00. The summed E-state index contributed by atoms with van der Waals surface area (Å²) in [4.78, 5) is 2.58. The Hall–Kier alpha value is -0.510. The lowest BCUT2D eigenvalue weighted by Crippen LogP contribution is -2.39. The Balaban J connectivity index is 1.92. The maximum atomic E-state index is 3.18. The maximum Gasteiger partial charge on any atom is 0.0234 e. The molecule has 0 saturated carbocycles. The van der Waals surface area contributed by atoms with Crippen LogP contribution in [0.3, 0.4) is 0 Å². The van der Waals surface area contributed by atoms with Gasteiger partial charge in [0.05, 0.1) is 0 Å². The van der Waals surface area contributed by atoms with Crippen molar-refractivity contribution in [1.82, 2.24) is 10.2 Å². The van der Waals surface area contributed by atoms with Gasteiger partial charge in [0.25, 0.3) is 0 Å². The number of rotatable bonds is 4. The van der Waals surface area contributed by atoms with E-state index in [1.807, 2.05) is 7.05 Å². The molecule has 1 aromatic rings. The quantitative estimate of drug-likeness (QED) is 0.900. The summed E-state index contributed by atoms with van der Waals surface area (Å²) < 4.78 is 0. The van der Waals surface area contributed by atoms with Gasteiger partial charge in [0.15, 0.2) is 0 Å². The first-order valence-electron chi connectivity index (χ1n) is 6.77. The average Bonchev–Trinajstić information content (AvgIpc) is 2.31. The number of nitrogens with one attached hydrogen (secondary N) is 1. The molecule has 0 amide bonds. The molecule has 2 unspecified atom stereocenters. The van der Waals surface area contributed by atoms with Crippen molar-refractivity contribution in [2.24, 2.45) is 0 Å². The molecule has 0 spiro atoms. The third kappa shape index (κ3) is 4.01. The van der Waals surface area contributed by atoms with Gasteiger partial charge in [-0.25, -0.2) is 0 Å². The van der Waals surface area contributed by atoms with E-state index in [-0.39, 0.29) is 0 Å². The fourth-order valence-electron chi connectivity index (χ4n) is 2.64. The van der Waals surface area contributed by atoms with Crippen LogP contribution in [0.15, 0.2) is 24.3 Å². The van der Waals surface area contributed by atoms with Crippen LogP contribution >= 0.6 is 11.8 Å². The summed E-state index contributed by atoms with van der Waals surface area (Å²) in [6.45, 7) is 9.15. The van der Waals surface area contributed by atoms with E-state index < -0.39 is 0 Å². The van der Waals surface area contributed by atoms with Crippen molar-refractivity contribution in [3.63, 3.8) is 0 Å². The second-order valence-corrected chi connectivity index (χ2v) is 7.18. The van der Waals surface area contributed by atoms with E-state index in [1.54, 1.807) is 0 Å².